The molecule has 1 aliphatic rings. The second-order valence-electron chi connectivity index (χ2n) is 7.44. The van der Waals surface area contributed by atoms with Crippen LogP contribution in [0.25, 0.3) is 0 Å². The van der Waals surface area contributed by atoms with Gasteiger partial charge in [-0.15, -0.1) is 0 Å². The van der Waals surface area contributed by atoms with Crippen LogP contribution in [0.3, 0.4) is 0 Å². The van der Waals surface area contributed by atoms with E-state index in [1.807, 2.05) is 16.9 Å². The Labute approximate surface area is 169 Å². The third-order valence-corrected chi connectivity index (χ3v) is 5.30. The Bertz CT molecular complexity index is 840. The molecule has 2 N–H and O–H groups in total. The van der Waals surface area contributed by atoms with Crippen molar-refractivity contribution in [2.24, 2.45) is 0 Å². The Morgan fingerprint density at radius 3 is 2.97 bits per heavy atom. The molecule has 7 nitrogen and oxygen atoms in total. The minimum atomic E-state index is -0.598. The van der Waals surface area contributed by atoms with Gasteiger partial charge < -0.3 is 15.4 Å². The fourth-order valence-corrected chi connectivity index (χ4v) is 3.69. The van der Waals surface area contributed by atoms with Gasteiger partial charge in [-0.05, 0) is 43.4 Å². The predicted molar refractivity (Wildman–Crippen MR) is 106 cm³/mol. The zero-order valence-corrected chi connectivity index (χ0v) is 16.6. The van der Waals surface area contributed by atoms with E-state index in [1.54, 1.807) is 18.3 Å². The molecule has 2 heterocycles. The Morgan fingerprint density at radius 1 is 1.45 bits per heavy atom. The lowest BCUT2D eigenvalue weighted by Crippen LogP contribution is -2.44. The first kappa shape index (κ1) is 20.8. The van der Waals surface area contributed by atoms with Gasteiger partial charge in [-0.2, -0.15) is 5.10 Å². The van der Waals surface area contributed by atoms with E-state index in [-0.39, 0.29) is 24.1 Å². The molecule has 2 amide bonds. The van der Waals surface area contributed by atoms with E-state index in [0.29, 0.717) is 43.5 Å². The highest BCUT2D eigenvalue weighted by Crippen LogP contribution is 2.31. The largest absolute Gasteiger partial charge is 0.497 e. The number of aromatic nitrogens is 2. The van der Waals surface area contributed by atoms with Crippen LogP contribution in [0.2, 0.25) is 0 Å². The molecule has 0 aliphatic carbocycles. The zero-order valence-electron chi connectivity index (χ0n) is 16.6. The second-order valence-corrected chi connectivity index (χ2v) is 7.44. The van der Waals surface area contributed by atoms with Crippen LogP contribution >= 0.6 is 0 Å². The Balaban J connectivity index is 1.52. The normalized spacial score (nSPS) is 18.5. The highest BCUT2D eigenvalue weighted by molar-refractivity contribution is 5.80. The van der Waals surface area contributed by atoms with Crippen molar-refractivity contribution >= 4 is 11.8 Å². The van der Waals surface area contributed by atoms with Crippen molar-refractivity contribution in [3.05, 3.63) is 48.0 Å². The number of hydrogen-bond acceptors (Lipinski definition) is 4. The fourth-order valence-electron chi connectivity index (χ4n) is 3.69. The quantitative estimate of drug-likeness (QED) is 0.597. The maximum atomic E-state index is 14.4. The van der Waals surface area contributed by atoms with Crippen molar-refractivity contribution in [2.45, 2.75) is 50.6 Å². The van der Waals surface area contributed by atoms with E-state index in [0.717, 1.165) is 13.0 Å². The summed E-state index contributed by atoms with van der Waals surface area (Å²) in [5, 5.41) is 10.0. The molecule has 29 heavy (non-hydrogen) atoms. The maximum absolute atomic E-state index is 14.4. The van der Waals surface area contributed by atoms with Gasteiger partial charge in [0, 0.05) is 49.9 Å². The van der Waals surface area contributed by atoms with Crippen molar-refractivity contribution in [3.8, 4) is 5.75 Å². The van der Waals surface area contributed by atoms with E-state index in [9.17, 15) is 14.0 Å². The van der Waals surface area contributed by atoms with Crippen LogP contribution in [-0.2, 0) is 22.6 Å². The van der Waals surface area contributed by atoms with Crippen LogP contribution in [0.15, 0.2) is 36.7 Å². The minimum Gasteiger partial charge on any atom is -0.497 e. The van der Waals surface area contributed by atoms with Gasteiger partial charge in [-0.3, -0.25) is 14.3 Å². The molecule has 1 aromatic heterocycles. The van der Waals surface area contributed by atoms with Crippen LogP contribution < -0.4 is 15.4 Å². The summed E-state index contributed by atoms with van der Waals surface area (Å²) in [6, 6.07) is 6.58. The third-order valence-electron chi connectivity index (χ3n) is 5.30. The summed E-state index contributed by atoms with van der Waals surface area (Å²) in [7, 11) is 1.49. The topological polar surface area (TPSA) is 85.2 Å². The lowest BCUT2D eigenvalue weighted by atomic mass is 9.84. The number of methoxy groups -OCH3 is 1. The molecule has 1 atom stereocenters. The number of amides is 2. The molecular weight excluding hydrogens is 375 g/mol. The number of hydrogen-bond donors (Lipinski definition) is 2. The van der Waals surface area contributed by atoms with Crippen LogP contribution in [0, 0.1) is 5.82 Å². The predicted octanol–water partition coefficient (Wildman–Crippen LogP) is 2.21. The summed E-state index contributed by atoms with van der Waals surface area (Å²) < 4.78 is 21.3. The fraction of sp³-hybridized carbons (Fsp3) is 0.476. The van der Waals surface area contributed by atoms with Crippen LogP contribution in [0.1, 0.15) is 37.7 Å². The van der Waals surface area contributed by atoms with Crippen molar-refractivity contribution in [3.63, 3.8) is 0 Å². The average molecular weight is 402 g/mol. The molecule has 2 aromatic rings. The standard InChI is InChI=1S/C21H27FN4O3/c1-29-17-5-4-16(18(22)14-17)15-21(9-7-20(28)25-21)8-6-19(27)23-10-2-12-26-13-3-11-24-26/h3-5,11,13-14H,2,6-10,12,15H2,1H3,(H,23,27)(H,25,28)/t21-/m0/s1. The van der Waals surface area contributed by atoms with Crippen molar-refractivity contribution in [1.82, 2.24) is 20.4 Å². The van der Waals surface area contributed by atoms with Crippen molar-refractivity contribution < 1.29 is 18.7 Å². The first-order valence-corrected chi connectivity index (χ1v) is 9.87. The van der Waals surface area contributed by atoms with Crippen molar-refractivity contribution in [2.75, 3.05) is 13.7 Å². The van der Waals surface area contributed by atoms with E-state index in [4.69, 9.17) is 4.74 Å². The number of rotatable bonds is 10. The Morgan fingerprint density at radius 2 is 2.31 bits per heavy atom. The van der Waals surface area contributed by atoms with Crippen LogP contribution in [0.4, 0.5) is 4.39 Å². The number of aryl methyl sites for hydroxylation is 1. The molecule has 156 valence electrons. The smallest absolute Gasteiger partial charge is 0.220 e. The lowest BCUT2D eigenvalue weighted by molar-refractivity contribution is -0.122. The molecule has 0 unspecified atom stereocenters. The molecule has 8 heteroatoms. The van der Waals surface area contributed by atoms with Crippen molar-refractivity contribution in [1.29, 1.82) is 0 Å². The molecule has 0 spiro atoms. The number of benzene rings is 1. The third kappa shape index (κ3) is 5.79. The summed E-state index contributed by atoms with van der Waals surface area (Å²) >= 11 is 0. The van der Waals surface area contributed by atoms with Gasteiger partial charge in [0.25, 0.3) is 0 Å². The number of carbonyl (C=O) groups excluding carboxylic acids is 2. The van der Waals surface area contributed by atoms with E-state index in [1.165, 1.54) is 13.2 Å². The van der Waals surface area contributed by atoms with Gasteiger partial charge in [0.15, 0.2) is 0 Å². The second kappa shape index (κ2) is 9.54. The molecule has 1 fully saturated rings. The van der Waals surface area contributed by atoms with E-state index < -0.39 is 5.54 Å². The lowest BCUT2D eigenvalue weighted by Gasteiger charge is -2.29. The molecular formula is C21H27FN4O3. The minimum absolute atomic E-state index is 0.0569. The Hall–Kier alpha value is -2.90. The van der Waals surface area contributed by atoms with Gasteiger partial charge in [-0.1, -0.05) is 6.07 Å². The van der Waals surface area contributed by atoms with Gasteiger partial charge in [0.1, 0.15) is 11.6 Å². The average Bonchev–Trinajstić information content (AvgIpc) is 3.35. The molecule has 1 aromatic carbocycles. The first-order chi connectivity index (χ1) is 14.0. The van der Waals surface area contributed by atoms with Crippen LogP contribution in [0.5, 0.6) is 5.75 Å². The molecule has 0 bridgehead atoms. The summed E-state index contributed by atoms with van der Waals surface area (Å²) in [5.74, 6) is -0.0436. The molecule has 1 aliphatic heterocycles. The monoisotopic (exact) mass is 402 g/mol. The van der Waals surface area contributed by atoms with Gasteiger partial charge in [-0.25, -0.2) is 4.39 Å². The summed E-state index contributed by atoms with van der Waals surface area (Å²) in [6.07, 6.45) is 6.46. The highest BCUT2D eigenvalue weighted by atomic mass is 19.1. The number of nitrogens with zero attached hydrogens (tertiary/aromatic N) is 2. The zero-order chi connectivity index (χ0) is 20.7. The number of nitrogens with one attached hydrogen (secondary N) is 2. The van der Waals surface area contributed by atoms with Gasteiger partial charge in [0.2, 0.25) is 11.8 Å². The number of ether oxygens (including phenoxy) is 1. The van der Waals surface area contributed by atoms with Gasteiger partial charge >= 0.3 is 0 Å². The summed E-state index contributed by atoms with van der Waals surface area (Å²) in [5.41, 5.74) is -0.0912. The summed E-state index contributed by atoms with van der Waals surface area (Å²) in [6.45, 7) is 1.30. The summed E-state index contributed by atoms with van der Waals surface area (Å²) in [4.78, 5) is 24.1. The van der Waals surface area contributed by atoms with Crippen LogP contribution in [-0.4, -0.2) is 40.8 Å². The van der Waals surface area contributed by atoms with E-state index >= 15 is 0 Å². The molecule has 1 saturated heterocycles. The molecule has 3 rings (SSSR count). The highest BCUT2D eigenvalue weighted by Gasteiger charge is 2.38. The Kier molecular flexibility index (Phi) is 6.85. The SMILES string of the molecule is COc1ccc(C[C@]2(CCC(=O)NCCCn3cccn3)CCC(=O)N2)c(F)c1. The van der Waals surface area contributed by atoms with E-state index in [2.05, 4.69) is 15.7 Å². The maximum Gasteiger partial charge on any atom is 0.220 e. The molecule has 0 saturated carbocycles. The number of carbonyl (C=O) groups is 2. The van der Waals surface area contributed by atoms with Gasteiger partial charge in [0.05, 0.1) is 7.11 Å². The molecule has 0 radical (unpaired) electrons. The number of halogens is 1. The first-order valence-electron chi connectivity index (χ1n) is 9.87.